The van der Waals surface area contributed by atoms with Gasteiger partial charge in [0.1, 0.15) is 11.4 Å². The number of hydrogen-bond donors (Lipinski definition) is 1. The Morgan fingerprint density at radius 1 is 0.925 bits per heavy atom. The van der Waals surface area contributed by atoms with Gasteiger partial charge in [0, 0.05) is 32.5 Å². The van der Waals surface area contributed by atoms with Gasteiger partial charge in [-0.1, -0.05) is 12.1 Å². The number of amides is 2. The fourth-order valence-corrected chi connectivity index (χ4v) is 3.62. The van der Waals surface area contributed by atoms with Crippen molar-refractivity contribution >= 4 is 12.0 Å². The Hall–Kier alpha value is -3.35. The zero-order chi connectivity index (χ0) is 30.3. The molecule has 0 fully saturated rings. The maximum Gasteiger partial charge on any atom is 0.416 e. The third kappa shape index (κ3) is 11.0. The van der Waals surface area contributed by atoms with Crippen molar-refractivity contribution in [2.24, 2.45) is 0 Å². The summed E-state index contributed by atoms with van der Waals surface area (Å²) in [4.78, 5) is 25.7. The number of halogens is 7. The molecule has 1 atom stereocenters. The first kappa shape index (κ1) is 32.9. The molecule has 0 heterocycles. The molecule has 0 spiro atoms. The maximum absolute atomic E-state index is 13.5. The van der Waals surface area contributed by atoms with E-state index in [1.807, 2.05) is 0 Å². The highest BCUT2D eigenvalue weighted by molar-refractivity contribution is 5.77. The van der Waals surface area contributed by atoms with Crippen molar-refractivity contribution in [3.8, 4) is 0 Å². The molecule has 2 amide bonds. The predicted molar refractivity (Wildman–Crippen MR) is 132 cm³/mol. The lowest BCUT2D eigenvalue weighted by Crippen LogP contribution is -2.37. The Balaban J connectivity index is 2.09. The van der Waals surface area contributed by atoms with E-state index in [-0.39, 0.29) is 43.7 Å². The summed E-state index contributed by atoms with van der Waals surface area (Å²) in [6.45, 7) is 4.32. The minimum absolute atomic E-state index is 0.00706. The molecule has 0 radical (unpaired) electrons. The van der Waals surface area contributed by atoms with Crippen LogP contribution in [0.2, 0.25) is 0 Å². The molecule has 0 aliphatic rings. The second-order valence-corrected chi connectivity index (χ2v) is 10.1. The SMILES string of the molecule is CN(CC(COCc1cc(C(F)(F)F)cc(C(F)(F)F)c1)c1ccc(F)cc1)C(=O)CCNC(=O)OC(C)(C)C. The Bertz CT molecular complexity index is 1110. The molecule has 2 aromatic rings. The van der Waals surface area contributed by atoms with Crippen LogP contribution in [0.25, 0.3) is 0 Å². The third-order valence-corrected chi connectivity index (χ3v) is 5.50. The summed E-state index contributed by atoms with van der Waals surface area (Å²) in [5, 5.41) is 2.46. The standard InChI is InChI=1S/C27H31F7N2O4/c1-25(2,3)40-24(38)35-10-9-23(37)36(4)14-19(18-5-7-22(28)8-6-18)16-39-15-17-11-20(26(29,30)31)13-21(12-17)27(32,33)34/h5-8,11-13,19H,9-10,14-16H2,1-4H3,(H,35,38). The van der Waals surface area contributed by atoms with Crippen molar-refractivity contribution < 1.29 is 49.8 Å². The van der Waals surface area contributed by atoms with Crippen LogP contribution in [0.5, 0.6) is 0 Å². The molecular weight excluding hydrogens is 549 g/mol. The van der Waals surface area contributed by atoms with E-state index >= 15 is 0 Å². The molecular formula is C27H31F7N2O4. The van der Waals surface area contributed by atoms with E-state index in [0.29, 0.717) is 17.7 Å². The fourth-order valence-electron chi connectivity index (χ4n) is 3.62. The first-order chi connectivity index (χ1) is 18.3. The molecule has 0 saturated carbocycles. The van der Waals surface area contributed by atoms with Gasteiger partial charge < -0.3 is 19.7 Å². The minimum Gasteiger partial charge on any atom is -0.444 e. The first-order valence-corrected chi connectivity index (χ1v) is 12.2. The average molecular weight is 581 g/mol. The summed E-state index contributed by atoms with van der Waals surface area (Å²) in [6.07, 6.45) is -10.7. The van der Waals surface area contributed by atoms with Gasteiger partial charge in [0.05, 0.1) is 24.3 Å². The van der Waals surface area contributed by atoms with Crippen LogP contribution >= 0.6 is 0 Å². The van der Waals surface area contributed by atoms with Gasteiger partial charge in [0.25, 0.3) is 0 Å². The van der Waals surface area contributed by atoms with E-state index in [1.54, 1.807) is 20.8 Å². The predicted octanol–water partition coefficient (Wildman–Crippen LogP) is 6.54. The Morgan fingerprint density at radius 3 is 1.98 bits per heavy atom. The summed E-state index contributed by atoms with van der Waals surface area (Å²) < 4.78 is 103. The summed E-state index contributed by atoms with van der Waals surface area (Å²) in [7, 11) is 1.48. The second-order valence-electron chi connectivity index (χ2n) is 10.1. The molecule has 1 N–H and O–H groups in total. The van der Waals surface area contributed by atoms with Gasteiger partial charge in [0.15, 0.2) is 0 Å². The van der Waals surface area contributed by atoms with Crippen LogP contribution in [-0.2, 0) is 33.2 Å². The Labute approximate surface area is 227 Å². The van der Waals surface area contributed by atoms with Crippen LogP contribution in [0.3, 0.4) is 0 Å². The van der Waals surface area contributed by atoms with Crippen molar-refractivity contribution in [2.45, 2.75) is 57.7 Å². The number of carbonyl (C=O) groups is 2. The van der Waals surface area contributed by atoms with Crippen molar-refractivity contribution in [3.05, 3.63) is 70.5 Å². The number of alkyl halides is 6. The number of hydrogen-bond acceptors (Lipinski definition) is 4. The van der Waals surface area contributed by atoms with Gasteiger partial charge >= 0.3 is 18.4 Å². The normalized spacial score (nSPS) is 13.1. The van der Waals surface area contributed by atoms with E-state index < -0.39 is 53.5 Å². The van der Waals surface area contributed by atoms with Crippen molar-refractivity contribution in [1.29, 1.82) is 0 Å². The van der Waals surface area contributed by atoms with Crippen LogP contribution in [0, 0.1) is 5.82 Å². The summed E-state index contributed by atoms with van der Waals surface area (Å²) >= 11 is 0. The molecule has 0 saturated heterocycles. The van der Waals surface area contributed by atoms with Crippen molar-refractivity contribution in [1.82, 2.24) is 10.2 Å². The monoisotopic (exact) mass is 580 g/mol. The topological polar surface area (TPSA) is 67.9 Å². The van der Waals surface area contributed by atoms with Crippen LogP contribution in [0.4, 0.5) is 35.5 Å². The van der Waals surface area contributed by atoms with E-state index in [4.69, 9.17) is 9.47 Å². The fraction of sp³-hybridized carbons (Fsp3) is 0.481. The van der Waals surface area contributed by atoms with Crippen molar-refractivity contribution in [3.63, 3.8) is 0 Å². The smallest absolute Gasteiger partial charge is 0.416 e. The lowest BCUT2D eigenvalue weighted by atomic mass is 9.99. The number of nitrogens with zero attached hydrogens (tertiary/aromatic N) is 1. The van der Waals surface area contributed by atoms with Crippen LogP contribution in [-0.4, -0.2) is 49.2 Å². The minimum atomic E-state index is -4.99. The maximum atomic E-state index is 13.5. The van der Waals surface area contributed by atoms with Gasteiger partial charge in [0.2, 0.25) is 5.91 Å². The number of rotatable bonds is 10. The van der Waals surface area contributed by atoms with Crippen molar-refractivity contribution in [2.75, 3.05) is 26.7 Å². The zero-order valence-corrected chi connectivity index (χ0v) is 22.4. The van der Waals surface area contributed by atoms with Gasteiger partial charge in [-0.2, -0.15) is 26.3 Å². The number of ether oxygens (including phenoxy) is 2. The summed E-state index contributed by atoms with van der Waals surface area (Å²) in [5.74, 6) is -1.48. The van der Waals surface area contributed by atoms with Gasteiger partial charge in [-0.3, -0.25) is 4.79 Å². The summed E-state index contributed by atoms with van der Waals surface area (Å²) in [6, 6.07) is 6.43. The lowest BCUT2D eigenvalue weighted by Gasteiger charge is -2.25. The quantitative estimate of drug-likeness (QED) is 0.324. The number of carbonyl (C=O) groups excluding carboxylic acids is 2. The number of likely N-dealkylation sites (N-methyl/N-ethyl adjacent to an activating group) is 1. The van der Waals surface area contributed by atoms with Gasteiger partial charge in [-0.25, -0.2) is 9.18 Å². The van der Waals surface area contributed by atoms with Gasteiger partial charge in [-0.05, 0) is 62.2 Å². The van der Waals surface area contributed by atoms with Crippen LogP contribution in [0.1, 0.15) is 55.4 Å². The molecule has 1 unspecified atom stereocenters. The van der Waals surface area contributed by atoms with E-state index in [2.05, 4.69) is 5.32 Å². The molecule has 0 aliphatic carbocycles. The highest BCUT2D eigenvalue weighted by Gasteiger charge is 2.37. The molecule has 0 aromatic heterocycles. The largest absolute Gasteiger partial charge is 0.444 e. The highest BCUT2D eigenvalue weighted by Crippen LogP contribution is 2.36. The number of alkyl carbamates (subject to hydrolysis) is 1. The van der Waals surface area contributed by atoms with Crippen LogP contribution in [0.15, 0.2) is 42.5 Å². The molecule has 222 valence electrons. The number of nitrogens with one attached hydrogen (secondary N) is 1. The number of benzene rings is 2. The molecule has 13 heteroatoms. The Kier molecular flexibility index (Phi) is 11.0. The third-order valence-electron chi connectivity index (χ3n) is 5.50. The lowest BCUT2D eigenvalue weighted by molar-refractivity contribution is -0.143. The Morgan fingerprint density at radius 2 is 1.48 bits per heavy atom. The van der Waals surface area contributed by atoms with Gasteiger partial charge in [-0.15, -0.1) is 0 Å². The molecule has 0 aliphatic heterocycles. The molecule has 0 bridgehead atoms. The van der Waals surface area contributed by atoms with E-state index in [9.17, 15) is 40.3 Å². The van der Waals surface area contributed by atoms with Crippen LogP contribution < -0.4 is 5.32 Å². The highest BCUT2D eigenvalue weighted by atomic mass is 19.4. The first-order valence-electron chi connectivity index (χ1n) is 12.2. The average Bonchev–Trinajstić information content (AvgIpc) is 2.81. The summed E-state index contributed by atoms with van der Waals surface area (Å²) in [5.41, 5.74) is -3.43. The van der Waals surface area contributed by atoms with E-state index in [1.165, 1.54) is 36.2 Å². The zero-order valence-electron chi connectivity index (χ0n) is 22.4. The van der Waals surface area contributed by atoms with E-state index in [0.717, 1.165) is 0 Å². The molecule has 2 rings (SSSR count). The second kappa shape index (κ2) is 13.3. The molecule has 2 aromatic carbocycles. The molecule has 6 nitrogen and oxygen atoms in total. The molecule has 40 heavy (non-hydrogen) atoms.